The Kier molecular flexibility index (Phi) is 3.28. The summed E-state index contributed by atoms with van der Waals surface area (Å²) >= 11 is 0. The number of aromatic nitrogens is 2. The molecule has 0 aromatic carbocycles. The van der Waals surface area contributed by atoms with Crippen LogP contribution >= 0.6 is 0 Å². The monoisotopic (exact) mass is 194 g/mol. The van der Waals surface area contributed by atoms with E-state index in [1.54, 1.807) is 6.92 Å². The second-order valence-electron chi connectivity index (χ2n) is 2.56. The van der Waals surface area contributed by atoms with Gasteiger partial charge >= 0.3 is 5.97 Å². The Labute approximate surface area is 81.1 Å². The van der Waals surface area contributed by atoms with Crippen LogP contribution in [0.25, 0.3) is 0 Å². The Morgan fingerprint density at radius 2 is 1.86 bits per heavy atom. The first-order valence-electron chi connectivity index (χ1n) is 4.12. The van der Waals surface area contributed by atoms with Gasteiger partial charge in [-0.2, -0.15) is 0 Å². The maximum atomic E-state index is 11.1. The van der Waals surface area contributed by atoms with E-state index in [4.69, 9.17) is 0 Å². The highest BCUT2D eigenvalue weighted by Crippen LogP contribution is 2.00. The smallest absolute Gasteiger partial charge is 0.358 e. The quantitative estimate of drug-likeness (QED) is 0.527. The number of hydrogen-bond donors (Lipinski definition) is 0. The van der Waals surface area contributed by atoms with Gasteiger partial charge in [0, 0.05) is 6.42 Å². The second-order valence-corrected chi connectivity index (χ2v) is 2.56. The van der Waals surface area contributed by atoms with Crippen molar-refractivity contribution in [1.82, 2.24) is 9.97 Å². The number of ether oxygens (including phenoxy) is 1. The van der Waals surface area contributed by atoms with Gasteiger partial charge in [0.2, 0.25) is 0 Å². The number of carbonyl (C=O) groups is 2. The zero-order valence-electron chi connectivity index (χ0n) is 7.98. The van der Waals surface area contributed by atoms with Crippen LogP contribution in [0.3, 0.4) is 0 Å². The summed E-state index contributed by atoms with van der Waals surface area (Å²) < 4.78 is 4.44. The van der Waals surface area contributed by atoms with Crippen LogP contribution in [0.4, 0.5) is 0 Å². The first-order chi connectivity index (χ1) is 6.69. The lowest BCUT2D eigenvalue weighted by Gasteiger charge is -1.98. The van der Waals surface area contributed by atoms with Crippen molar-refractivity contribution in [3.8, 4) is 0 Å². The van der Waals surface area contributed by atoms with E-state index in [1.165, 1.54) is 19.5 Å². The zero-order valence-corrected chi connectivity index (χ0v) is 7.98. The molecular formula is C9H10N2O3. The van der Waals surface area contributed by atoms with E-state index in [-0.39, 0.29) is 17.2 Å². The first kappa shape index (κ1) is 10.3. The Morgan fingerprint density at radius 1 is 1.29 bits per heavy atom. The van der Waals surface area contributed by atoms with Gasteiger partial charge in [0.05, 0.1) is 19.5 Å². The summed E-state index contributed by atoms with van der Waals surface area (Å²) in [4.78, 5) is 29.7. The van der Waals surface area contributed by atoms with Gasteiger partial charge in [0.1, 0.15) is 5.69 Å². The molecule has 0 spiro atoms. The molecule has 1 rings (SSSR count). The van der Waals surface area contributed by atoms with Gasteiger partial charge < -0.3 is 4.74 Å². The predicted molar refractivity (Wildman–Crippen MR) is 48.0 cm³/mol. The molecule has 0 fully saturated rings. The van der Waals surface area contributed by atoms with Crippen LogP contribution in [-0.2, 0) is 4.74 Å². The van der Waals surface area contributed by atoms with Crippen molar-refractivity contribution in [2.45, 2.75) is 13.3 Å². The van der Waals surface area contributed by atoms with Gasteiger partial charge in [-0.15, -0.1) is 0 Å². The van der Waals surface area contributed by atoms with Crippen molar-refractivity contribution < 1.29 is 14.3 Å². The van der Waals surface area contributed by atoms with Gasteiger partial charge in [0.15, 0.2) is 11.5 Å². The maximum Gasteiger partial charge on any atom is 0.358 e. The molecule has 1 aromatic heterocycles. The number of carbonyl (C=O) groups excluding carboxylic acids is 2. The third-order valence-electron chi connectivity index (χ3n) is 1.65. The molecule has 0 saturated heterocycles. The number of ketones is 1. The highest BCUT2D eigenvalue weighted by molar-refractivity contribution is 5.94. The fourth-order valence-electron chi connectivity index (χ4n) is 0.863. The molecular weight excluding hydrogens is 184 g/mol. The van der Waals surface area contributed by atoms with Crippen molar-refractivity contribution in [3.05, 3.63) is 23.8 Å². The number of rotatable bonds is 3. The average molecular weight is 194 g/mol. The fourth-order valence-corrected chi connectivity index (χ4v) is 0.863. The molecule has 74 valence electrons. The predicted octanol–water partition coefficient (Wildman–Crippen LogP) is 0.856. The molecule has 0 aliphatic heterocycles. The minimum absolute atomic E-state index is 0.0974. The van der Waals surface area contributed by atoms with E-state index in [0.29, 0.717) is 6.42 Å². The van der Waals surface area contributed by atoms with Gasteiger partial charge in [0.25, 0.3) is 0 Å². The third-order valence-corrected chi connectivity index (χ3v) is 1.65. The Bertz CT molecular complexity index is 311. The lowest BCUT2D eigenvalue weighted by Crippen LogP contribution is -2.08. The molecule has 0 atom stereocenters. The SMILES string of the molecule is CCC(=O)c1cnc(C(=O)OC)cn1. The summed E-state index contributed by atoms with van der Waals surface area (Å²) in [7, 11) is 1.26. The topological polar surface area (TPSA) is 69.2 Å². The Hall–Kier alpha value is -1.78. The number of hydrogen-bond acceptors (Lipinski definition) is 5. The molecule has 0 saturated carbocycles. The van der Waals surface area contributed by atoms with Crippen LogP contribution in [0.5, 0.6) is 0 Å². The van der Waals surface area contributed by atoms with E-state index in [1.807, 2.05) is 0 Å². The highest BCUT2D eigenvalue weighted by Gasteiger charge is 2.09. The first-order valence-corrected chi connectivity index (χ1v) is 4.12. The summed E-state index contributed by atoms with van der Waals surface area (Å²) in [6, 6.07) is 0. The van der Waals surface area contributed by atoms with Crippen LogP contribution in [0.1, 0.15) is 34.3 Å². The number of nitrogens with zero attached hydrogens (tertiary/aromatic N) is 2. The molecule has 5 nitrogen and oxygen atoms in total. The second kappa shape index (κ2) is 4.45. The van der Waals surface area contributed by atoms with Gasteiger partial charge in [-0.05, 0) is 0 Å². The van der Waals surface area contributed by atoms with Crippen LogP contribution in [0.15, 0.2) is 12.4 Å². The summed E-state index contributed by atoms with van der Waals surface area (Å²) in [5, 5.41) is 0. The Morgan fingerprint density at radius 3 is 2.29 bits per heavy atom. The minimum atomic E-state index is -0.562. The molecule has 1 heterocycles. The normalized spacial score (nSPS) is 9.57. The molecule has 0 unspecified atom stereocenters. The summed E-state index contributed by atoms with van der Waals surface area (Å²) in [5.74, 6) is -0.665. The van der Waals surface area contributed by atoms with Crippen LogP contribution in [0.2, 0.25) is 0 Å². The standard InChI is InChI=1S/C9H10N2O3/c1-3-8(12)6-4-11-7(5-10-6)9(13)14-2/h4-5H,3H2,1-2H3. The number of esters is 1. The number of methoxy groups -OCH3 is 1. The van der Waals surface area contributed by atoms with E-state index >= 15 is 0 Å². The van der Waals surface area contributed by atoms with Crippen molar-refractivity contribution in [3.63, 3.8) is 0 Å². The zero-order chi connectivity index (χ0) is 10.6. The van der Waals surface area contributed by atoms with Crippen molar-refractivity contribution in [2.75, 3.05) is 7.11 Å². The van der Waals surface area contributed by atoms with E-state index in [9.17, 15) is 9.59 Å². The van der Waals surface area contributed by atoms with Crippen molar-refractivity contribution in [2.24, 2.45) is 0 Å². The fraction of sp³-hybridized carbons (Fsp3) is 0.333. The summed E-state index contributed by atoms with van der Waals surface area (Å²) in [6.45, 7) is 1.73. The largest absolute Gasteiger partial charge is 0.464 e. The average Bonchev–Trinajstić information content (AvgIpc) is 2.27. The molecule has 0 aliphatic carbocycles. The molecule has 0 radical (unpaired) electrons. The van der Waals surface area contributed by atoms with E-state index < -0.39 is 5.97 Å². The van der Waals surface area contributed by atoms with Crippen LogP contribution in [-0.4, -0.2) is 28.8 Å². The van der Waals surface area contributed by atoms with E-state index in [0.717, 1.165) is 0 Å². The summed E-state index contributed by atoms with van der Waals surface area (Å²) in [5.41, 5.74) is 0.361. The highest BCUT2D eigenvalue weighted by atomic mass is 16.5. The molecule has 0 N–H and O–H groups in total. The lowest BCUT2D eigenvalue weighted by molar-refractivity contribution is 0.0593. The van der Waals surface area contributed by atoms with Gasteiger partial charge in [-0.25, -0.2) is 14.8 Å². The van der Waals surface area contributed by atoms with Gasteiger partial charge in [-0.3, -0.25) is 4.79 Å². The molecule has 1 aromatic rings. The van der Waals surface area contributed by atoms with Crippen LogP contribution in [0, 0.1) is 0 Å². The lowest BCUT2D eigenvalue weighted by atomic mass is 10.2. The van der Waals surface area contributed by atoms with E-state index in [2.05, 4.69) is 14.7 Å². The molecule has 5 heteroatoms. The molecule has 0 bridgehead atoms. The van der Waals surface area contributed by atoms with Crippen molar-refractivity contribution in [1.29, 1.82) is 0 Å². The number of Topliss-reactive ketones (excluding diaryl/α,β-unsaturated/α-hetero) is 1. The maximum absolute atomic E-state index is 11.1. The van der Waals surface area contributed by atoms with Gasteiger partial charge in [-0.1, -0.05) is 6.92 Å². The van der Waals surface area contributed by atoms with Crippen LogP contribution < -0.4 is 0 Å². The molecule has 0 aliphatic rings. The third kappa shape index (κ3) is 2.12. The molecule has 0 amide bonds. The molecule has 14 heavy (non-hydrogen) atoms. The summed E-state index contributed by atoms with van der Waals surface area (Å²) in [6.07, 6.45) is 2.87. The minimum Gasteiger partial charge on any atom is -0.464 e. The Balaban J connectivity index is 2.89. The van der Waals surface area contributed by atoms with Crippen molar-refractivity contribution >= 4 is 11.8 Å².